The van der Waals surface area contributed by atoms with Crippen molar-refractivity contribution in [1.29, 1.82) is 0 Å². The quantitative estimate of drug-likeness (QED) is 0.609. The predicted octanol–water partition coefficient (Wildman–Crippen LogP) is 2.32. The van der Waals surface area contributed by atoms with Crippen molar-refractivity contribution in [2.24, 2.45) is 0 Å². The summed E-state index contributed by atoms with van der Waals surface area (Å²) < 4.78 is 26.6. The average Bonchev–Trinajstić information content (AvgIpc) is 2.47. The summed E-state index contributed by atoms with van der Waals surface area (Å²) >= 11 is 0. The number of hydrogen-bond donors (Lipinski definition) is 2. The zero-order valence-corrected chi connectivity index (χ0v) is 12.6. The normalized spacial score (nSPS) is 11.4. The Hall–Kier alpha value is -1.85. The molecule has 4 nitrogen and oxygen atoms in total. The van der Waals surface area contributed by atoms with Crippen molar-refractivity contribution < 1.29 is 8.42 Å². The molecule has 0 saturated carbocycles. The van der Waals surface area contributed by atoms with Crippen LogP contribution < -0.4 is 10.5 Å². The van der Waals surface area contributed by atoms with Crippen LogP contribution in [0.4, 0.5) is 5.69 Å². The first-order valence-electron chi connectivity index (χ1n) is 6.91. The fraction of sp³-hybridized carbons (Fsp3) is 0.250. The van der Waals surface area contributed by atoms with E-state index in [1.165, 1.54) is 5.56 Å². The third kappa shape index (κ3) is 5.21. The van der Waals surface area contributed by atoms with Crippen LogP contribution in [0, 0.1) is 0 Å². The van der Waals surface area contributed by atoms with Gasteiger partial charge in [0.25, 0.3) is 0 Å². The lowest BCUT2D eigenvalue weighted by atomic mass is 10.1. The highest BCUT2D eigenvalue weighted by atomic mass is 32.2. The number of sulfonamides is 1. The van der Waals surface area contributed by atoms with Crippen LogP contribution in [0.3, 0.4) is 0 Å². The first kappa shape index (κ1) is 15.5. The van der Waals surface area contributed by atoms with Crippen LogP contribution in [0.2, 0.25) is 0 Å². The molecule has 0 aromatic heterocycles. The van der Waals surface area contributed by atoms with E-state index in [1.807, 2.05) is 30.3 Å². The first-order chi connectivity index (χ1) is 10.1. The SMILES string of the molecule is Nc1ccccc1CS(=O)(=O)NCCCc1ccccc1. The van der Waals surface area contributed by atoms with Crippen molar-refractivity contribution in [2.75, 3.05) is 12.3 Å². The summed E-state index contributed by atoms with van der Waals surface area (Å²) in [5.41, 5.74) is 8.12. The summed E-state index contributed by atoms with van der Waals surface area (Å²) in [5, 5.41) is 0. The van der Waals surface area contributed by atoms with Gasteiger partial charge in [-0.25, -0.2) is 13.1 Å². The third-order valence-corrected chi connectivity index (χ3v) is 4.54. The molecule has 21 heavy (non-hydrogen) atoms. The van der Waals surface area contributed by atoms with Gasteiger partial charge in [-0.05, 0) is 30.0 Å². The Balaban J connectivity index is 1.81. The highest BCUT2D eigenvalue weighted by Gasteiger charge is 2.12. The van der Waals surface area contributed by atoms with Crippen molar-refractivity contribution in [2.45, 2.75) is 18.6 Å². The van der Waals surface area contributed by atoms with Crippen LogP contribution in [0.15, 0.2) is 54.6 Å². The monoisotopic (exact) mass is 304 g/mol. The van der Waals surface area contributed by atoms with Crippen molar-refractivity contribution in [3.8, 4) is 0 Å². The molecule has 0 amide bonds. The lowest BCUT2D eigenvalue weighted by Gasteiger charge is -2.08. The summed E-state index contributed by atoms with van der Waals surface area (Å²) in [7, 11) is -3.34. The van der Waals surface area contributed by atoms with E-state index in [4.69, 9.17) is 5.73 Å². The van der Waals surface area contributed by atoms with Crippen LogP contribution >= 0.6 is 0 Å². The average molecular weight is 304 g/mol. The van der Waals surface area contributed by atoms with Gasteiger partial charge >= 0.3 is 0 Å². The van der Waals surface area contributed by atoms with Crippen molar-refractivity contribution >= 4 is 15.7 Å². The number of rotatable bonds is 7. The van der Waals surface area contributed by atoms with Crippen LogP contribution in [0.1, 0.15) is 17.5 Å². The third-order valence-electron chi connectivity index (χ3n) is 3.21. The van der Waals surface area contributed by atoms with Gasteiger partial charge in [0.1, 0.15) is 0 Å². The maximum absolute atomic E-state index is 12.0. The maximum atomic E-state index is 12.0. The molecule has 0 unspecified atom stereocenters. The second-order valence-corrected chi connectivity index (χ2v) is 6.75. The first-order valence-corrected chi connectivity index (χ1v) is 8.57. The highest BCUT2D eigenvalue weighted by molar-refractivity contribution is 7.88. The molecule has 5 heteroatoms. The molecule has 0 spiro atoms. The summed E-state index contributed by atoms with van der Waals surface area (Å²) in [6, 6.07) is 17.0. The fourth-order valence-corrected chi connectivity index (χ4v) is 3.32. The number of hydrogen-bond acceptors (Lipinski definition) is 3. The molecule has 0 aliphatic carbocycles. The number of nitrogen functional groups attached to an aromatic ring is 1. The molecule has 0 atom stereocenters. The van der Waals surface area contributed by atoms with Crippen LogP contribution in [0.25, 0.3) is 0 Å². The molecule has 0 fully saturated rings. The summed E-state index contributed by atoms with van der Waals surface area (Å²) in [5.74, 6) is -0.0784. The topological polar surface area (TPSA) is 72.2 Å². The Kier molecular flexibility index (Phi) is 5.36. The lowest BCUT2D eigenvalue weighted by Crippen LogP contribution is -2.26. The predicted molar refractivity (Wildman–Crippen MR) is 86.2 cm³/mol. The zero-order valence-electron chi connectivity index (χ0n) is 11.8. The van der Waals surface area contributed by atoms with E-state index in [-0.39, 0.29) is 5.75 Å². The van der Waals surface area contributed by atoms with Gasteiger partial charge < -0.3 is 5.73 Å². The van der Waals surface area contributed by atoms with Gasteiger partial charge in [0.15, 0.2) is 0 Å². The molecule has 0 heterocycles. The molecular weight excluding hydrogens is 284 g/mol. The smallest absolute Gasteiger partial charge is 0.215 e. The Morgan fingerprint density at radius 1 is 0.952 bits per heavy atom. The highest BCUT2D eigenvalue weighted by Crippen LogP contribution is 2.13. The van der Waals surface area contributed by atoms with E-state index in [1.54, 1.807) is 24.3 Å². The second-order valence-electron chi connectivity index (χ2n) is 4.94. The molecule has 2 rings (SSSR count). The summed E-state index contributed by atoms with van der Waals surface area (Å²) in [6.45, 7) is 0.434. The summed E-state index contributed by atoms with van der Waals surface area (Å²) in [4.78, 5) is 0. The zero-order chi connectivity index (χ0) is 15.1. The molecule has 2 aromatic rings. The molecule has 0 radical (unpaired) electrons. The lowest BCUT2D eigenvalue weighted by molar-refractivity contribution is 0.578. The van der Waals surface area contributed by atoms with E-state index in [9.17, 15) is 8.42 Å². The number of aryl methyl sites for hydroxylation is 1. The van der Waals surface area contributed by atoms with Crippen molar-refractivity contribution in [3.63, 3.8) is 0 Å². The van der Waals surface area contributed by atoms with Gasteiger partial charge in [-0.2, -0.15) is 0 Å². The molecule has 112 valence electrons. The molecule has 0 saturated heterocycles. The van der Waals surface area contributed by atoms with Crippen molar-refractivity contribution in [1.82, 2.24) is 4.72 Å². The molecule has 2 aromatic carbocycles. The van der Waals surface area contributed by atoms with E-state index < -0.39 is 10.0 Å². The van der Waals surface area contributed by atoms with E-state index in [0.29, 0.717) is 17.8 Å². The number of benzene rings is 2. The number of anilines is 1. The molecule has 0 bridgehead atoms. The Bertz CT molecular complexity index is 670. The van der Waals surface area contributed by atoms with Crippen LogP contribution in [-0.2, 0) is 22.2 Å². The minimum absolute atomic E-state index is 0.0784. The molecular formula is C16H20N2O2S. The minimum atomic E-state index is -3.34. The van der Waals surface area contributed by atoms with Crippen molar-refractivity contribution in [3.05, 3.63) is 65.7 Å². The summed E-state index contributed by atoms with van der Waals surface area (Å²) in [6.07, 6.45) is 1.63. The minimum Gasteiger partial charge on any atom is -0.398 e. The maximum Gasteiger partial charge on any atom is 0.215 e. The van der Waals surface area contributed by atoms with Crippen LogP contribution in [0.5, 0.6) is 0 Å². The van der Waals surface area contributed by atoms with E-state index >= 15 is 0 Å². The number of para-hydroxylation sites is 1. The van der Waals surface area contributed by atoms with E-state index in [2.05, 4.69) is 4.72 Å². The largest absolute Gasteiger partial charge is 0.398 e. The fourth-order valence-electron chi connectivity index (χ4n) is 2.09. The number of nitrogens with one attached hydrogen (secondary N) is 1. The van der Waals surface area contributed by atoms with Gasteiger partial charge in [0.05, 0.1) is 5.75 Å². The Morgan fingerprint density at radius 2 is 1.62 bits per heavy atom. The Labute approximate surface area is 126 Å². The van der Waals surface area contributed by atoms with Gasteiger partial charge in [-0.15, -0.1) is 0 Å². The standard InChI is InChI=1S/C16H20N2O2S/c17-16-11-5-4-10-15(16)13-21(19,20)18-12-6-9-14-7-2-1-3-8-14/h1-5,7-8,10-11,18H,6,9,12-13,17H2. The number of nitrogens with two attached hydrogens (primary N) is 1. The van der Waals surface area contributed by atoms with Gasteiger partial charge in [0.2, 0.25) is 10.0 Å². The Morgan fingerprint density at radius 3 is 2.33 bits per heavy atom. The molecule has 0 aliphatic rings. The molecule has 0 aliphatic heterocycles. The second kappa shape index (κ2) is 7.24. The van der Waals surface area contributed by atoms with Gasteiger partial charge in [0, 0.05) is 12.2 Å². The molecule has 3 N–H and O–H groups in total. The van der Waals surface area contributed by atoms with Gasteiger partial charge in [-0.1, -0.05) is 48.5 Å². The van der Waals surface area contributed by atoms with E-state index in [0.717, 1.165) is 12.8 Å². The van der Waals surface area contributed by atoms with Crippen LogP contribution in [-0.4, -0.2) is 15.0 Å². The van der Waals surface area contributed by atoms with Gasteiger partial charge in [-0.3, -0.25) is 0 Å².